The molecule has 1 aliphatic heterocycles. The molecule has 1 unspecified atom stereocenters. The minimum absolute atomic E-state index is 0.299. The Labute approximate surface area is 120 Å². The van der Waals surface area contributed by atoms with Gasteiger partial charge in [0.05, 0.1) is 0 Å². The maximum Gasteiger partial charge on any atom is 0.103 e. The van der Waals surface area contributed by atoms with Gasteiger partial charge in [-0.25, -0.2) is 4.39 Å². The van der Waals surface area contributed by atoms with Crippen molar-refractivity contribution in [3.05, 3.63) is 47.0 Å². The van der Waals surface area contributed by atoms with Crippen LogP contribution in [0.5, 0.6) is 0 Å². The average Bonchev–Trinajstić information content (AvgIpc) is 2.39. The van der Waals surface area contributed by atoms with E-state index in [9.17, 15) is 4.39 Å². The Bertz CT molecular complexity index is 421. The maximum atomic E-state index is 13.2. The lowest BCUT2D eigenvalue weighted by atomic mass is 9.91. The molecule has 0 aromatic heterocycles. The van der Waals surface area contributed by atoms with Gasteiger partial charge in [0, 0.05) is 30.6 Å². The summed E-state index contributed by atoms with van der Waals surface area (Å²) >= 11 is 5.93. The molecule has 3 heteroatoms. The largest absolute Gasteiger partial charge is 0.302 e. The van der Waals surface area contributed by atoms with E-state index in [0.29, 0.717) is 18.8 Å². The highest BCUT2D eigenvalue weighted by Crippen LogP contribution is 2.27. The van der Waals surface area contributed by atoms with Crippen molar-refractivity contribution in [3.8, 4) is 0 Å². The summed E-state index contributed by atoms with van der Waals surface area (Å²) in [6.45, 7) is 8.77. The zero-order chi connectivity index (χ0) is 13.8. The van der Waals surface area contributed by atoms with Gasteiger partial charge in [0.15, 0.2) is 0 Å². The summed E-state index contributed by atoms with van der Waals surface area (Å²) in [7, 11) is 0. The van der Waals surface area contributed by atoms with E-state index < -0.39 is 6.17 Å². The standard InChI is InChI=1S/C16H21ClFN/c1-12(2)16(13-3-5-14(17)6-4-13)11-19-9-7-15(18)8-10-19/h3-6,15-16H,1,7-11H2,2H3. The topological polar surface area (TPSA) is 3.24 Å². The third-order valence-electron chi connectivity index (χ3n) is 3.83. The zero-order valence-corrected chi connectivity index (χ0v) is 12.2. The van der Waals surface area contributed by atoms with Gasteiger partial charge in [-0.1, -0.05) is 35.9 Å². The van der Waals surface area contributed by atoms with E-state index in [4.69, 9.17) is 11.6 Å². The smallest absolute Gasteiger partial charge is 0.103 e. The summed E-state index contributed by atoms with van der Waals surface area (Å²) in [5.41, 5.74) is 2.38. The Morgan fingerprint density at radius 3 is 2.47 bits per heavy atom. The number of hydrogen-bond acceptors (Lipinski definition) is 1. The Balaban J connectivity index is 2.04. The lowest BCUT2D eigenvalue weighted by Crippen LogP contribution is -2.37. The number of rotatable bonds is 4. The van der Waals surface area contributed by atoms with Crippen molar-refractivity contribution in [3.63, 3.8) is 0 Å². The van der Waals surface area contributed by atoms with Crippen LogP contribution in [-0.2, 0) is 0 Å². The first-order valence-corrected chi connectivity index (χ1v) is 7.21. The lowest BCUT2D eigenvalue weighted by Gasteiger charge is -2.32. The molecule has 0 bridgehead atoms. The first kappa shape index (κ1) is 14.5. The predicted octanol–water partition coefficient (Wildman–Crippen LogP) is 4.43. The number of benzene rings is 1. The fourth-order valence-electron chi connectivity index (χ4n) is 2.58. The normalized spacial score (nSPS) is 19.3. The molecule has 0 amide bonds. The maximum absolute atomic E-state index is 13.2. The molecule has 0 spiro atoms. The molecule has 1 fully saturated rings. The SMILES string of the molecule is C=C(C)C(CN1CCC(F)CC1)c1ccc(Cl)cc1. The summed E-state index contributed by atoms with van der Waals surface area (Å²) < 4.78 is 13.2. The van der Waals surface area contributed by atoms with Gasteiger partial charge in [-0.3, -0.25) is 0 Å². The van der Waals surface area contributed by atoms with E-state index in [2.05, 4.69) is 30.5 Å². The van der Waals surface area contributed by atoms with Crippen LogP contribution in [0.25, 0.3) is 0 Å². The lowest BCUT2D eigenvalue weighted by molar-refractivity contribution is 0.147. The molecular formula is C16H21ClFN. The molecule has 1 heterocycles. The van der Waals surface area contributed by atoms with Crippen molar-refractivity contribution in [2.45, 2.75) is 31.9 Å². The van der Waals surface area contributed by atoms with Crippen LogP contribution in [0.15, 0.2) is 36.4 Å². The van der Waals surface area contributed by atoms with Crippen LogP contribution in [-0.4, -0.2) is 30.7 Å². The number of hydrogen-bond donors (Lipinski definition) is 0. The summed E-state index contributed by atoms with van der Waals surface area (Å²) in [5, 5.41) is 0.752. The van der Waals surface area contributed by atoms with Crippen molar-refractivity contribution in [1.29, 1.82) is 0 Å². The molecule has 0 aliphatic carbocycles. The van der Waals surface area contributed by atoms with Crippen LogP contribution < -0.4 is 0 Å². The molecule has 104 valence electrons. The third kappa shape index (κ3) is 4.05. The van der Waals surface area contributed by atoms with Crippen molar-refractivity contribution < 1.29 is 4.39 Å². The van der Waals surface area contributed by atoms with Crippen LogP contribution in [0.1, 0.15) is 31.2 Å². The van der Waals surface area contributed by atoms with E-state index in [1.165, 1.54) is 5.56 Å². The van der Waals surface area contributed by atoms with Gasteiger partial charge in [0.2, 0.25) is 0 Å². The molecule has 0 radical (unpaired) electrons. The summed E-state index contributed by atoms with van der Waals surface area (Å²) in [5.74, 6) is 0.299. The summed E-state index contributed by atoms with van der Waals surface area (Å²) in [6.07, 6.45) is 0.697. The molecule has 1 aromatic carbocycles. The van der Waals surface area contributed by atoms with Crippen LogP contribution in [0, 0.1) is 0 Å². The van der Waals surface area contributed by atoms with E-state index in [1.807, 2.05) is 12.1 Å². The second kappa shape index (κ2) is 6.53. The van der Waals surface area contributed by atoms with Crippen LogP contribution in [0.4, 0.5) is 4.39 Å². The van der Waals surface area contributed by atoms with Crippen molar-refractivity contribution in [2.75, 3.05) is 19.6 Å². The van der Waals surface area contributed by atoms with Crippen LogP contribution in [0.3, 0.4) is 0 Å². The second-order valence-electron chi connectivity index (χ2n) is 5.43. The zero-order valence-electron chi connectivity index (χ0n) is 11.4. The quantitative estimate of drug-likeness (QED) is 0.738. The third-order valence-corrected chi connectivity index (χ3v) is 4.08. The highest BCUT2D eigenvalue weighted by molar-refractivity contribution is 6.30. The van der Waals surface area contributed by atoms with E-state index in [1.54, 1.807) is 0 Å². The molecule has 1 atom stereocenters. The fraction of sp³-hybridized carbons (Fsp3) is 0.500. The number of halogens is 2. The first-order valence-electron chi connectivity index (χ1n) is 6.83. The van der Waals surface area contributed by atoms with Gasteiger partial charge < -0.3 is 4.90 Å². The Morgan fingerprint density at radius 2 is 1.95 bits per heavy atom. The fourth-order valence-corrected chi connectivity index (χ4v) is 2.71. The van der Waals surface area contributed by atoms with Gasteiger partial charge in [-0.15, -0.1) is 0 Å². The van der Waals surface area contributed by atoms with Gasteiger partial charge in [0.1, 0.15) is 6.17 Å². The monoisotopic (exact) mass is 281 g/mol. The molecule has 1 saturated heterocycles. The van der Waals surface area contributed by atoms with Gasteiger partial charge >= 0.3 is 0 Å². The molecule has 2 rings (SSSR count). The molecule has 19 heavy (non-hydrogen) atoms. The number of nitrogens with zero attached hydrogens (tertiary/aromatic N) is 1. The minimum Gasteiger partial charge on any atom is -0.302 e. The Kier molecular flexibility index (Phi) is 5.00. The second-order valence-corrected chi connectivity index (χ2v) is 5.86. The molecule has 1 nitrogen and oxygen atoms in total. The van der Waals surface area contributed by atoms with Gasteiger partial charge in [-0.05, 0) is 37.5 Å². The van der Waals surface area contributed by atoms with Gasteiger partial charge in [0.25, 0.3) is 0 Å². The van der Waals surface area contributed by atoms with Crippen LogP contribution >= 0.6 is 11.6 Å². The molecule has 1 aliphatic rings. The highest BCUT2D eigenvalue weighted by Gasteiger charge is 2.22. The van der Waals surface area contributed by atoms with E-state index >= 15 is 0 Å². The highest BCUT2D eigenvalue weighted by atomic mass is 35.5. The minimum atomic E-state index is -0.616. The molecular weight excluding hydrogens is 261 g/mol. The number of piperidine rings is 1. The van der Waals surface area contributed by atoms with Gasteiger partial charge in [-0.2, -0.15) is 0 Å². The summed E-state index contributed by atoms with van der Waals surface area (Å²) in [4.78, 5) is 2.34. The summed E-state index contributed by atoms with van der Waals surface area (Å²) in [6, 6.07) is 7.95. The van der Waals surface area contributed by atoms with Crippen molar-refractivity contribution in [1.82, 2.24) is 4.90 Å². The Morgan fingerprint density at radius 1 is 1.37 bits per heavy atom. The predicted molar refractivity (Wildman–Crippen MR) is 79.6 cm³/mol. The van der Waals surface area contributed by atoms with Crippen LogP contribution in [0.2, 0.25) is 5.02 Å². The Hall–Kier alpha value is -0.860. The molecule has 0 N–H and O–H groups in total. The first-order chi connectivity index (χ1) is 9.06. The van der Waals surface area contributed by atoms with Crippen molar-refractivity contribution >= 4 is 11.6 Å². The number of alkyl halides is 1. The van der Waals surface area contributed by atoms with E-state index in [-0.39, 0.29) is 0 Å². The average molecular weight is 282 g/mol. The van der Waals surface area contributed by atoms with Crippen molar-refractivity contribution in [2.24, 2.45) is 0 Å². The number of likely N-dealkylation sites (tertiary alicyclic amines) is 1. The molecule has 1 aromatic rings. The molecule has 0 saturated carbocycles. The van der Waals surface area contributed by atoms with E-state index in [0.717, 1.165) is 30.2 Å².